The largest absolute Gasteiger partial charge is 0.469 e. The molecule has 0 unspecified atom stereocenters. The predicted molar refractivity (Wildman–Crippen MR) is 77.1 cm³/mol. The first kappa shape index (κ1) is 15.1. The fourth-order valence-corrected chi connectivity index (χ4v) is 2.81. The van der Waals surface area contributed by atoms with Crippen molar-refractivity contribution in [2.24, 2.45) is 5.92 Å². The zero-order valence-corrected chi connectivity index (χ0v) is 12.6. The number of rotatable bonds is 2. The Morgan fingerprint density at radius 3 is 2.45 bits per heavy atom. The molecule has 4 nitrogen and oxygen atoms in total. The summed E-state index contributed by atoms with van der Waals surface area (Å²) in [6.07, 6.45) is 1.23. The molecular formula is C14H15Cl2NO3. The standard InChI is InChI=1S/C14H15Cl2NO3/c1-20-14(19)9-4-6-17(7-5-9)13(18)11-3-2-10(15)8-12(11)16/h2-3,8-9H,4-7H2,1H3. The second kappa shape index (κ2) is 6.46. The molecule has 1 aliphatic rings. The molecule has 0 aromatic heterocycles. The van der Waals surface area contributed by atoms with E-state index in [1.807, 2.05) is 0 Å². The SMILES string of the molecule is COC(=O)C1CCN(C(=O)c2ccc(Cl)cc2Cl)CC1. The normalized spacial score (nSPS) is 16.1. The molecule has 1 heterocycles. The second-order valence-electron chi connectivity index (χ2n) is 4.71. The van der Waals surface area contributed by atoms with E-state index in [9.17, 15) is 9.59 Å². The third-order valence-electron chi connectivity index (χ3n) is 3.48. The first-order chi connectivity index (χ1) is 9.52. The summed E-state index contributed by atoms with van der Waals surface area (Å²) >= 11 is 11.9. The third kappa shape index (κ3) is 3.25. The molecule has 0 N–H and O–H groups in total. The number of amides is 1. The van der Waals surface area contributed by atoms with Gasteiger partial charge in [0.05, 0.1) is 23.6 Å². The highest BCUT2D eigenvalue weighted by Crippen LogP contribution is 2.25. The van der Waals surface area contributed by atoms with Crippen molar-refractivity contribution in [3.63, 3.8) is 0 Å². The monoisotopic (exact) mass is 315 g/mol. The van der Waals surface area contributed by atoms with Crippen molar-refractivity contribution in [3.8, 4) is 0 Å². The maximum atomic E-state index is 12.4. The number of halogens is 2. The van der Waals surface area contributed by atoms with Crippen molar-refractivity contribution in [2.45, 2.75) is 12.8 Å². The average Bonchev–Trinajstić information content (AvgIpc) is 2.46. The van der Waals surface area contributed by atoms with Gasteiger partial charge in [0.25, 0.3) is 5.91 Å². The molecular weight excluding hydrogens is 301 g/mol. The van der Waals surface area contributed by atoms with E-state index in [1.54, 1.807) is 23.1 Å². The molecule has 20 heavy (non-hydrogen) atoms. The molecule has 1 aliphatic heterocycles. The van der Waals surface area contributed by atoms with Gasteiger partial charge in [-0.3, -0.25) is 9.59 Å². The van der Waals surface area contributed by atoms with E-state index < -0.39 is 0 Å². The fourth-order valence-electron chi connectivity index (χ4n) is 2.32. The minimum Gasteiger partial charge on any atom is -0.469 e. The molecule has 2 rings (SSSR count). The summed E-state index contributed by atoms with van der Waals surface area (Å²) < 4.78 is 4.72. The van der Waals surface area contributed by atoms with Crippen LogP contribution in [-0.2, 0) is 9.53 Å². The minimum atomic E-state index is -0.207. The number of esters is 1. The molecule has 108 valence electrons. The summed E-state index contributed by atoms with van der Waals surface area (Å²) in [5.74, 6) is -0.457. The minimum absolute atomic E-state index is 0.121. The van der Waals surface area contributed by atoms with Crippen molar-refractivity contribution in [1.29, 1.82) is 0 Å². The van der Waals surface area contributed by atoms with Crippen LogP contribution >= 0.6 is 23.2 Å². The first-order valence-electron chi connectivity index (χ1n) is 6.35. The van der Waals surface area contributed by atoms with Gasteiger partial charge in [-0.05, 0) is 31.0 Å². The van der Waals surface area contributed by atoms with Crippen molar-refractivity contribution in [1.82, 2.24) is 4.90 Å². The van der Waals surface area contributed by atoms with E-state index in [2.05, 4.69) is 0 Å². The lowest BCUT2D eigenvalue weighted by molar-refractivity contribution is -0.146. The van der Waals surface area contributed by atoms with Gasteiger partial charge >= 0.3 is 5.97 Å². The lowest BCUT2D eigenvalue weighted by Gasteiger charge is -2.31. The number of methoxy groups -OCH3 is 1. The molecule has 0 radical (unpaired) electrons. The van der Waals surface area contributed by atoms with E-state index >= 15 is 0 Å². The second-order valence-corrected chi connectivity index (χ2v) is 5.56. The Kier molecular flexibility index (Phi) is 4.89. The number of piperidine rings is 1. The van der Waals surface area contributed by atoms with Gasteiger partial charge in [-0.15, -0.1) is 0 Å². The predicted octanol–water partition coefficient (Wildman–Crippen LogP) is 3.02. The number of hydrogen-bond acceptors (Lipinski definition) is 3. The molecule has 0 saturated carbocycles. The van der Waals surface area contributed by atoms with Gasteiger partial charge in [0.2, 0.25) is 0 Å². The Morgan fingerprint density at radius 2 is 1.90 bits per heavy atom. The van der Waals surface area contributed by atoms with Crippen molar-refractivity contribution >= 4 is 35.1 Å². The van der Waals surface area contributed by atoms with E-state index in [0.717, 1.165) is 0 Å². The highest BCUT2D eigenvalue weighted by atomic mass is 35.5. The Morgan fingerprint density at radius 1 is 1.25 bits per heavy atom. The van der Waals surface area contributed by atoms with Crippen LogP contribution in [0.25, 0.3) is 0 Å². The average molecular weight is 316 g/mol. The summed E-state index contributed by atoms with van der Waals surface area (Å²) in [5.41, 5.74) is 0.438. The van der Waals surface area contributed by atoms with Gasteiger partial charge in [-0.25, -0.2) is 0 Å². The smallest absolute Gasteiger partial charge is 0.308 e. The van der Waals surface area contributed by atoms with Gasteiger partial charge in [0, 0.05) is 18.1 Å². The van der Waals surface area contributed by atoms with Crippen LogP contribution in [0.2, 0.25) is 10.0 Å². The van der Waals surface area contributed by atoms with Crippen LogP contribution in [0.5, 0.6) is 0 Å². The molecule has 1 amide bonds. The first-order valence-corrected chi connectivity index (χ1v) is 7.10. The Labute approximate surface area is 127 Å². The molecule has 1 fully saturated rings. The number of benzene rings is 1. The summed E-state index contributed by atoms with van der Waals surface area (Å²) in [7, 11) is 1.38. The third-order valence-corrected chi connectivity index (χ3v) is 4.03. The van der Waals surface area contributed by atoms with Crippen molar-refractivity contribution in [2.75, 3.05) is 20.2 Å². The number of carbonyl (C=O) groups excluding carboxylic acids is 2. The number of nitrogens with zero attached hydrogens (tertiary/aromatic N) is 1. The van der Waals surface area contributed by atoms with E-state index in [1.165, 1.54) is 7.11 Å². The van der Waals surface area contributed by atoms with Crippen molar-refractivity contribution in [3.05, 3.63) is 33.8 Å². The van der Waals surface area contributed by atoms with Crippen LogP contribution < -0.4 is 0 Å². The molecule has 1 aromatic rings. The van der Waals surface area contributed by atoms with Gasteiger partial charge in [-0.2, -0.15) is 0 Å². The van der Waals surface area contributed by atoms with E-state index in [-0.39, 0.29) is 17.8 Å². The van der Waals surface area contributed by atoms with Crippen LogP contribution in [0.4, 0.5) is 0 Å². The quantitative estimate of drug-likeness (QED) is 0.788. The van der Waals surface area contributed by atoms with Crippen LogP contribution in [-0.4, -0.2) is 37.0 Å². The summed E-state index contributed by atoms with van der Waals surface area (Å²) in [6.45, 7) is 1.05. The summed E-state index contributed by atoms with van der Waals surface area (Å²) in [6, 6.07) is 4.82. The number of hydrogen-bond donors (Lipinski definition) is 0. The van der Waals surface area contributed by atoms with Crippen LogP contribution in [0, 0.1) is 5.92 Å². The maximum Gasteiger partial charge on any atom is 0.308 e. The lowest BCUT2D eigenvalue weighted by Crippen LogP contribution is -2.40. The molecule has 0 spiro atoms. The topological polar surface area (TPSA) is 46.6 Å². The maximum absolute atomic E-state index is 12.4. The zero-order chi connectivity index (χ0) is 14.7. The fraction of sp³-hybridized carbons (Fsp3) is 0.429. The van der Waals surface area contributed by atoms with Gasteiger partial charge in [0.1, 0.15) is 0 Å². The highest BCUT2D eigenvalue weighted by molar-refractivity contribution is 6.36. The number of carbonyl (C=O) groups is 2. The molecule has 1 saturated heterocycles. The molecule has 0 bridgehead atoms. The van der Waals surface area contributed by atoms with Crippen LogP contribution in [0.15, 0.2) is 18.2 Å². The molecule has 6 heteroatoms. The molecule has 1 aromatic carbocycles. The molecule has 0 atom stereocenters. The number of likely N-dealkylation sites (tertiary alicyclic amines) is 1. The zero-order valence-electron chi connectivity index (χ0n) is 11.1. The van der Waals surface area contributed by atoms with Crippen molar-refractivity contribution < 1.29 is 14.3 Å². The highest BCUT2D eigenvalue weighted by Gasteiger charge is 2.28. The summed E-state index contributed by atoms with van der Waals surface area (Å²) in [5, 5.41) is 0.841. The Bertz CT molecular complexity index is 525. The van der Waals surface area contributed by atoms with Gasteiger partial charge in [-0.1, -0.05) is 23.2 Å². The molecule has 0 aliphatic carbocycles. The lowest BCUT2D eigenvalue weighted by atomic mass is 9.96. The van der Waals surface area contributed by atoms with E-state index in [0.29, 0.717) is 41.5 Å². The van der Waals surface area contributed by atoms with Gasteiger partial charge < -0.3 is 9.64 Å². The van der Waals surface area contributed by atoms with Crippen LogP contribution in [0.1, 0.15) is 23.2 Å². The summed E-state index contributed by atoms with van der Waals surface area (Å²) in [4.78, 5) is 25.5. The Balaban J connectivity index is 2.03. The number of ether oxygens (including phenoxy) is 1. The Hall–Kier alpha value is -1.26. The van der Waals surface area contributed by atoms with E-state index in [4.69, 9.17) is 27.9 Å². The van der Waals surface area contributed by atoms with Crippen LogP contribution in [0.3, 0.4) is 0 Å². The van der Waals surface area contributed by atoms with Gasteiger partial charge in [0.15, 0.2) is 0 Å².